The van der Waals surface area contributed by atoms with E-state index in [-0.39, 0.29) is 0 Å². The van der Waals surface area contributed by atoms with Crippen LogP contribution < -0.4 is 11.0 Å². The van der Waals surface area contributed by atoms with Gasteiger partial charge in [-0.15, -0.1) is 0 Å². The Hall–Kier alpha value is -4.33. The third-order valence-corrected chi connectivity index (χ3v) is 6.41. The highest BCUT2D eigenvalue weighted by atomic mass is 19.1. The Balaban J connectivity index is 1.69. The van der Waals surface area contributed by atoms with Gasteiger partial charge in [0.25, 0.3) is 0 Å². The molecule has 3 aromatic carbocycles. The van der Waals surface area contributed by atoms with Gasteiger partial charge in [-0.25, -0.2) is 20.0 Å². The molecule has 2 aromatic heterocycles. The van der Waals surface area contributed by atoms with Gasteiger partial charge in [-0.05, 0) is 0 Å². The average Bonchev–Trinajstić information content (AvgIpc) is 3.45. The van der Waals surface area contributed by atoms with E-state index in [9.17, 15) is 0 Å². The van der Waals surface area contributed by atoms with Crippen LogP contribution in [0.3, 0.4) is 0 Å². The van der Waals surface area contributed by atoms with E-state index in [0.29, 0.717) is 34.3 Å². The molecule has 5 heterocycles. The standard InChI is InChI=1S/C24H12BFN6/c26-25-31-21-15-9-3-5-11-17(15)23(31)30-24-18-12-6-4-10-16(18)22(32(24)25)29-20-14-8-2-1-7-13(14)19(27-20)28-21/h1-12H/b28-19-,28-21?,29-20?,29-22-. The zero-order valence-corrected chi connectivity index (χ0v) is 16.6. The van der Waals surface area contributed by atoms with Crippen molar-refractivity contribution in [1.82, 2.24) is 8.96 Å². The van der Waals surface area contributed by atoms with Crippen LogP contribution in [0.2, 0.25) is 0 Å². The van der Waals surface area contributed by atoms with Crippen molar-refractivity contribution in [2.24, 2.45) is 20.0 Å². The molecule has 0 saturated carbocycles. The summed E-state index contributed by atoms with van der Waals surface area (Å²) in [7, 11) is -1.53. The highest BCUT2D eigenvalue weighted by Crippen LogP contribution is 2.40. The quantitative estimate of drug-likeness (QED) is 0.347. The number of nitrogens with zero attached hydrogens (tertiary/aromatic N) is 6. The monoisotopic (exact) mass is 414 g/mol. The van der Waals surface area contributed by atoms with Crippen molar-refractivity contribution in [3.05, 3.63) is 94.9 Å². The van der Waals surface area contributed by atoms with Crippen LogP contribution >= 0.6 is 0 Å². The van der Waals surface area contributed by atoms with Gasteiger partial charge in [0, 0.05) is 32.7 Å². The SMILES string of the molecule is FB1n2c3c4ccccc4c2/N=C2N=C(/N=c4/c5ccccc5c(n41)=N3)c1ccccc1\2. The first-order valence-corrected chi connectivity index (χ1v) is 10.4. The maximum atomic E-state index is 16.4. The van der Waals surface area contributed by atoms with Crippen LogP contribution in [0.1, 0.15) is 11.1 Å². The molecule has 3 aliphatic heterocycles. The first-order chi connectivity index (χ1) is 15.8. The van der Waals surface area contributed by atoms with Crippen molar-refractivity contribution >= 4 is 52.1 Å². The Bertz CT molecular complexity index is 1860. The van der Waals surface area contributed by atoms with E-state index in [4.69, 9.17) is 20.0 Å². The normalized spacial score (nSPS) is 17.9. The van der Waals surface area contributed by atoms with Gasteiger partial charge in [0.15, 0.2) is 11.7 Å². The summed E-state index contributed by atoms with van der Waals surface area (Å²) in [6, 6.07) is 23.5. The number of halogens is 1. The fraction of sp³-hybridized carbons (Fsp3) is 0. The number of hydrogen-bond donors (Lipinski definition) is 0. The van der Waals surface area contributed by atoms with Gasteiger partial charge < -0.3 is 8.96 Å². The van der Waals surface area contributed by atoms with Gasteiger partial charge in [0.2, 0.25) is 0 Å². The molecule has 5 aromatic rings. The molecule has 0 unspecified atom stereocenters. The molecule has 0 saturated heterocycles. The molecule has 32 heavy (non-hydrogen) atoms. The predicted molar refractivity (Wildman–Crippen MR) is 123 cm³/mol. The summed E-state index contributed by atoms with van der Waals surface area (Å²) >= 11 is 0. The van der Waals surface area contributed by atoms with E-state index in [1.165, 1.54) is 0 Å². The Morgan fingerprint density at radius 3 is 1.69 bits per heavy atom. The van der Waals surface area contributed by atoms with Crippen LogP contribution in [-0.4, -0.2) is 27.9 Å². The first kappa shape index (κ1) is 16.4. The second kappa shape index (κ2) is 5.47. The van der Waals surface area contributed by atoms with Crippen LogP contribution in [0.25, 0.3) is 21.5 Å². The minimum atomic E-state index is -1.53. The van der Waals surface area contributed by atoms with Gasteiger partial charge in [-0.3, -0.25) is 4.32 Å². The van der Waals surface area contributed by atoms with Crippen molar-refractivity contribution < 1.29 is 4.32 Å². The zero-order valence-electron chi connectivity index (χ0n) is 16.6. The largest absolute Gasteiger partial charge is 0.601 e. The molecule has 0 spiro atoms. The molecule has 0 atom stereocenters. The predicted octanol–water partition coefficient (Wildman–Crippen LogP) is 3.68. The molecule has 4 bridgehead atoms. The van der Waals surface area contributed by atoms with E-state index >= 15 is 4.32 Å². The fourth-order valence-electron chi connectivity index (χ4n) is 5.01. The minimum absolute atomic E-state index is 0.512. The lowest BCUT2D eigenvalue weighted by atomic mass is 10.0. The molecule has 0 radical (unpaired) electrons. The zero-order chi connectivity index (χ0) is 21.0. The van der Waals surface area contributed by atoms with Crippen molar-refractivity contribution in [1.29, 1.82) is 0 Å². The number of rotatable bonds is 0. The highest BCUT2D eigenvalue weighted by molar-refractivity contribution is 6.50. The molecule has 0 N–H and O–H groups in total. The lowest BCUT2D eigenvalue weighted by Gasteiger charge is -2.16. The summed E-state index contributed by atoms with van der Waals surface area (Å²) in [4.78, 5) is 19.5. The highest BCUT2D eigenvalue weighted by Gasteiger charge is 2.37. The Morgan fingerprint density at radius 1 is 0.531 bits per heavy atom. The molecule has 0 amide bonds. The molecule has 8 heteroatoms. The Labute approximate surface area is 180 Å². The average molecular weight is 414 g/mol. The van der Waals surface area contributed by atoms with Crippen LogP contribution in [0.15, 0.2) is 92.8 Å². The lowest BCUT2D eigenvalue weighted by Crippen LogP contribution is -2.45. The van der Waals surface area contributed by atoms with E-state index in [2.05, 4.69) is 0 Å². The second-order valence-electron chi connectivity index (χ2n) is 8.08. The summed E-state index contributed by atoms with van der Waals surface area (Å²) in [5.41, 5.74) is 2.85. The Morgan fingerprint density at radius 2 is 1.03 bits per heavy atom. The van der Waals surface area contributed by atoms with Crippen LogP contribution in [-0.2, 0) is 0 Å². The third-order valence-electron chi connectivity index (χ3n) is 6.41. The topological polar surface area (TPSA) is 59.3 Å². The third kappa shape index (κ3) is 1.82. The number of hydrogen-bond acceptors (Lipinski definition) is 4. The van der Waals surface area contributed by atoms with Gasteiger partial charge in [0.05, 0.1) is 0 Å². The van der Waals surface area contributed by atoms with Gasteiger partial charge in [-0.2, -0.15) is 0 Å². The molecule has 0 fully saturated rings. The van der Waals surface area contributed by atoms with Gasteiger partial charge in [0.1, 0.15) is 22.6 Å². The number of benzene rings is 3. The molecule has 148 valence electrons. The summed E-state index contributed by atoms with van der Waals surface area (Å²) in [5.74, 6) is 2.14. The maximum Gasteiger partial charge on any atom is 0.601 e. The number of amidine groups is 2. The number of aromatic nitrogens is 2. The smallest absolute Gasteiger partial charge is 0.303 e. The van der Waals surface area contributed by atoms with Crippen LogP contribution in [0.5, 0.6) is 0 Å². The van der Waals surface area contributed by atoms with E-state index in [1.807, 2.05) is 72.8 Å². The molecular formula is C24H12BFN6. The van der Waals surface area contributed by atoms with Gasteiger partial charge >= 0.3 is 7.26 Å². The summed E-state index contributed by atoms with van der Waals surface area (Å²) < 4.78 is 19.5. The van der Waals surface area contributed by atoms with Gasteiger partial charge in [-0.1, -0.05) is 72.8 Å². The van der Waals surface area contributed by atoms with Crippen molar-refractivity contribution in [3.63, 3.8) is 0 Å². The van der Waals surface area contributed by atoms with E-state index in [1.54, 1.807) is 8.96 Å². The van der Waals surface area contributed by atoms with Crippen LogP contribution in [0, 0.1) is 0 Å². The van der Waals surface area contributed by atoms with E-state index < -0.39 is 7.26 Å². The number of aliphatic imine (C=N–C) groups is 2. The summed E-state index contributed by atoms with van der Waals surface area (Å²) in [6.45, 7) is 0. The minimum Gasteiger partial charge on any atom is -0.303 e. The van der Waals surface area contributed by atoms with Crippen molar-refractivity contribution in [3.8, 4) is 0 Å². The molecule has 0 aliphatic carbocycles. The summed E-state index contributed by atoms with van der Waals surface area (Å²) in [6.07, 6.45) is 0. The maximum absolute atomic E-state index is 16.4. The van der Waals surface area contributed by atoms with E-state index in [0.717, 1.165) is 32.7 Å². The van der Waals surface area contributed by atoms with Crippen LogP contribution in [0.4, 0.5) is 16.0 Å². The molecule has 3 aliphatic rings. The first-order valence-electron chi connectivity index (χ1n) is 10.4. The molecule has 8 rings (SSSR count). The van der Waals surface area contributed by atoms with Crippen molar-refractivity contribution in [2.75, 3.05) is 0 Å². The molecular weight excluding hydrogens is 402 g/mol. The molecule has 6 nitrogen and oxygen atoms in total. The fourth-order valence-corrected chi connectivity index (χ4v) is 5.01. The summed E-state index contributed by atoms with van der Waals surface area (Å²) in [5, 5.41) is 3.41. The number of fused-ring (bicyclic) bond motifs is 10. The van der Waals surface area contributed by atoms with Crippen molar-refractivity contribution in [2.45, 2.75) is 0 Å². The lowest BCUT2D eigenvalue weighted by molar-refractivity contribution is 0.718. The second-order valence-corrected chi connectivity index (χ2v) is 8.08. The Kier molecular flexibility index (Phi) is 2.80.